The van der Waals surface area contributed by atoms with Gasteiger partial charge in [-0.25, -0.2) is 0 Å². The number of ether oxygens (including phenoxy) is 3. The lowest BCUT2D eigenvalue weighted by atomic mass is 10.1. The Hall–Kier alpha value is -4.45. The molecule has 1 unspecified atom stereocenters. The first-order chi connectivity index (χ1) is 34.5. The second-order valence-electron chi connectivity index (χ2n) is 18.1. The lowest BCUT2D eigenvalue weighted by Crippen LogP contribution is -2.30. The average molecular weight is 968 g/mol. The molecule has 0 heterocycles. The second-order valence-corrected chi connectivity index (χ2v) is 18.1. The lowest BCUT2D eigenvalue weighted by molar-refractivity contribution is -0.167. The summed E-state index contributed by atoms with van der Waals surface area (Å²) in [6, 6.07) is 0. The molecule has 0 aromatic carbocycles. The van der Waals surface area contributed by atoms with E-state index >= 15 is 0 Å². The summed E-state index contributed by atoms with van der Waals surface area (Å²) in [7, 11) is 0. The van der Waals surface area contributed by atoms with Crippen LogP contribution >= 0.6 is 0 Å². The largest absolute Gasteiger partial charge is 0.462 e. The normalized spacial score (nSPS) is 13.1. The van der Waals surface area contributed by atoms with Gasteiger partial charge in [0.05, 0.1) is 0 Å². The molecule has 6 nitrogen and oxygen atoms in total. The van der Waals surface area contributed by atoms with Crippen molar-refractivity contribution >= 4 is 17.9 Å². The average Bonchev–Trinajstić information content (AvgIpc) is 3.36. The van der Waals surface area contributed by atoms with Crippen LogP contribution in [0.5, 0.6) is 0 Å². The minimum absolute atomic E-state index is 0.125. The Morgan fingerprint density at radius 2 is 0.571 bits per heavy atom. The van der Waals surface area contributed by atoms with Gasteiger partial charge in [0.25, 0.3) is 0 Å². The van der Waals surface area contributed by atoms with Gasteiger partial charge in [0.1, 0.15) is 13.2 Å². The van der Waals surface area contributed by atoms with E-state index in [0.29, 0.717) is 19.3 Å². The van der Waals surface area contributed by atoms with Crippen molar-refractivity contribution in [3.8, 4) is 0 Å². The van der Waals surface area contributed by atoms with Gasteiger partial charge in [0.2, 0.25) is 0 Å². The van der Waals surface area contributed by atoms with Crippen LogP contribution < -0.4 is 0 Å². The van der Waals surface area contributed by atoms with Gasteiger partial charge in [-0.1, -0.05) is 225 Å². The molecule has 0 amide bonds. The van der Waals surface area contributed by atoms with Crippen molar-refractivity contribution in [3.63, 3.8) is 0 Å². The number of allylic oxidation sites excluding steroid dienone is 22. The van der Waals surface area contributed by atoms with Gasteiger partial charge in [-0.3, -0.25) is 14.4 Å². The Morgan fingerprint density at radius 1 is 0.300 bits per heavy atom. The van der Waals surface area contributed by atoms with Crippen LogP contribution in [0.2, 0.25) is 0 Å². The third-order valence-corrected chi connectivity index (χ3v) is 11.4. The van der Waals surface area contributed by atoms with Gasteiger partial charge in [0, 0.05) is 19.3 Å². The van der Waals surface area contributed by atoms with Crippen LogP contribution in [0.15, 0.2) is 134 Å². The highest BCUT2D eigenvalue weighted by atomic mass is 16.6. The summed E-state index contributed by atoms with van der Waals surface area (Å²) in [5.41, 5.74) is 0. The summed E-state index contributed by atoms with van der Waals surface area (Å²) >= 11 is 0. The van der Waals surface area contributed by atoms with Gasteiger partial charge in [-0.2, -0.15) is 0 Å². The summed E-state index contributed by atoms with van der Waals surface area (Å²) in [5.74, 6) is -1.05. The molecule has 0 N–H and O–H groups in total. The number of rotatable bonds is 49. The minimum Gasteiger partial charge on any atom is -0.462 e. The van der Waals surface area contributed by atoms with Gasteiger partial charge in [0.15, 0.2) is 6.10 Å². The molecule has 394 valence electrons. The summed E-state index contributed by atoms with van der Waals surface area (Å²) < 4.78 is 16.7. The molecular formula is C64H102O6. The van der Waals surface area contributed by atoms with Crippen LogP contribution in [0.25, 0.3) is 0 Å². The number of esters is 3. The number of hydrogen-bond donors (Lipinski definition) is 0. The van der Waals surface area contributed by atoms with Crippen molar-refractivity contribution in [1.29, 1.82) is 0 Å². The fourth-order valence-electron chi connectivity index (χ4n) is 7.21. The third-order valence-electron chi connectivity index (χ3n) is 11.4. The summed E-state index contributed by atoms with van der Waals surface area (Å²) in [6.07, 6.45) is 80.2. The van der Waals surface area contributed by atoms with Gasteiger partial charge in [-0.15, -0.1) is 0 Å². The Kier molecular flexibility index (Phi) is 53.5. The quantitative estimate of drug-likeness (QED) is 0.0262. The van der Waals surface area contributed by atoms with E-state index in [1.165, 1.54) is 83.5 Å². The smallest absolute Gasteiger partial charge is 0.306 e. The van der Waals surface area contributed by atoms with Gasteiger partial charge < -0.3 is 14.2 Å². The van der Waals surface area contributed by atoms with E-state index in [1.54, 1.807) is 0 Å². The van der Waals surface area contributed by atoms with E-state index in [4.69, 9.17) is 14.2 Å². The zero-order valence-corrected chi connectivity index (χ0v) is 45.0. The monoisotopic (exact) mass is 967 g/mol. The maximum atomic E-state index is 12.8. The predicted molar refractivity (Wildman–Crippen MR) is 302 cm³/mol. The zero-order chi connectivity index (χ0) is 50.7. The van der Waals surface area contributed by atoms with Crippen molar-refractivity contribution in [2.24, 2.45) is 0 Å². The van der Waals surface area contributed by atoms with Crippen LogP contribution in [0.4, 0.5) is 0 Å². The number of carbonyl (C=O) groups is 3. The highest BCUT2D eigenvalue weighted by molar-refractivity contribution is 5.71. The molecule has 0 saturated heterocycles. The Labute approximate surface area is 430 Å². The molecule has 0 spiro atoms. The first-order valence-corrected chi connectivity index (χ1v) is 28.2. The van der Waals surface area contributed by atoms with Crippen molar-refractivity contribution in [2.75, 3.05) is 13.2 Å². The Balaban J connectivity index is 4.58. The molecule has 0 bridgehead atoms. The zero-order valence-electron chi connectivity index (χ0n) is 45.0. The number of carbonyl (C=O) groups excluding carboxylic acids is 3. The maximum Gasteiger partial charge on any atom is 0.306 e. The lowest BCUT2D eigenvalue weighted by Gasteiger charge is -2.18. The number of unbranched alkanes of at least 4 members (excludes halogenated alkanes) is 16. The molecular weight excluding hydrogens is 865 g/mol. The fourth-order valence-corrected chi connectivity index (χ4v) is 7.21. The molecule has 70 heavy (non-hydrogen) atoms. The molecule has 0 fully saturated rings. The number of hydrogen-bond acceptors (Lipinski definition) is 6. The summed E-state index contributed by atoms with van der Waals surface area (Å²) in [6.45, 7) is 6.30. The molecule has 0 aromatic heterocycles. The van der Waals surface area contributed by atoms with E-state index in [0.717, 1.165) is 96.3 Å². The van der Waals surface area contributed by atoms with Gasteiger partial charge >= 0.3 is 17.9 Å². The standard InChI is InChI=1S/C64H102O6/c1-4-7-10-13-16-19-22-25-28-31-34-36-39-42-45-48-51-54-57-63(66)69-60-61(70-64(67)58-55-52-49-46-43-40-37-33-30-27-24-21-18-15-12-9-6-3)59-68-62(65)56-53-50-47-44-41-38-35-32-29-26-23-20-17-14-11-8-5-2/h8-9,11-12,17-18,20-21,26-31,35,37-38,40,44,46-47,49,61H,4-7,10,13-16,19,22-25,32-34,36,39,41-43,45,48,50-60H2,1-3H3/b11-8-,12-9-,20-17-,21-18-,29-26-,30-27-,31-28-,38-35-,40-37-,47-44-,49-46-. The maximum absolute atomic E-state index is 12.8. The topological polar surface area (TPSA) is 78.9 Å². The molecule has 0 rings (SSSR count). The van der Waals surface area contributed by atoms with Crippen molar-refractivity contribution in [2.45, 2.75) is 239 Å². The van der Waals surface area contributed by atoms with Crippen LogP contribution in [0.3, 0.4) is 0 Å². The summed E-state index contributed by atoms with van der Waals surface area (Å²) in [4.78, 5) is 38.1. The van der Waals surface area contributed by atoms with Crippen molar-refractivity contribution < 1.29 is 28.6 Å². The minimum atomic E-state index is -0.838. The van der Waals surface area contributed by atoms with Crippen LogP contribution in [0.1, 0.15) is 233 Å². The van der Waals surface area contributed by atoms with Crippen LogP contribution in [-0.2, 0) is 28.6 Å². The summed E-state index contributed by atoms with van der Waals surface area (Å²) in [5, 5.41) is 0. The molecule has 0 aliphatic carbocycles. The predicted octanol–water partition coefficient (Wildman–Crippen LogP) is 19.0. The van der Waals surface area contributed by atoms with Crippen molar-refractivity contribution in [3.05, 3.63) is 134 Å². The highest BCUT2D eigenvalue weighted by Gasteiger charge is 2.19. The molecule has 0 aliphatic rings. The Bertz CT molecular complexity index is 1530. The molecule has 0 aliphatic heterocycles. The van der Waals surface area contributed by atoms with Crippen LogP contribution in [0, 0.1) is 0 Å². The SMILES string of the molecule is CC/C=C\C/C=C\C/C=C\C/C=C\C/C=C\CCCC(=O)OCC(COC(=O)CCCCCCCCC/C=C\CCCCCCCCC)OC(=O)CCC/C=C\C/C=C\C/C=C\C/C=C\C/C=C\CC. The van der Waals surface area contributed by atoms with E-state index < -0.39 is 6.10 Å². The molecule has 0 saturated carbocycles. The molecule has 6 heteroatoms. The van der Waals surface area contributed by atoms with Gasteiger partial charge in [-0.05, 0) is 122 Å². The molecule has 1 atom stereocenters. The van der Waals surface area contributed by atoms with E-state index in [-0.39, 0.29) is 44.0 Å². The highest BCUT2D eigenvalue weighted by Crippen LogP contribution is 2.13. The van der Waals surface area contributed by atoms with E-state index in [9.17, 15) is 14.4 Å². The first kappa shape index (κ1) is 65.5. The molecule has 0 radical (unpaired) electrons. The second kappa shape index (κ2) is 57.1. The van der Waals surface area contributed by atoms with E-state index in [1.807, 2.05) is 0 Å². The van der Waals surface area contributed by atoms with E-state index in [2.05, 4.69) is 154 Å². The Morgan fingerprint density at radius 3 is 0.943 bits per heavy atom. The molecule has 0 aromatic rings. The fraction of sp³-hybridized carbons (Fsp3) is 0.609. The van der Waals surface area contributed by atoms with Crippen LogP contribution in [-0.4, -0.2) is 37.2 Å². The third kappa shape index (κ3) is 54.5. The first-order valence-electron chi connectivity index (χ1n) is 28.2. The van der Waals surface area contributed by atoms with Crippen molar-refractivity contribution in [1.82, 2.24) is 0 Å².